The van der Waals surface area contributed by atoms with Crippen LogP contribution in [0.25, 0.3) is 11.0 Å². The lowest BCUT2D eigenvalue weighted by Gasteiger charge is -2.38. The smallest absolute Gasteiger partial charge is 0.238 e. The highest BCUT2D eigenvalue weighted by atomic mass is 35.5. The molecule has 1 spiro atoms. The summed E-state index contributed by atoms with van der Waals surface area (Å²) >= 11 is 5.28. The van der Waals surface area contributed by atoms with Gasteiger partial charge in [0.25, 0.3) is 0 Å². The minimum atomic E-state index is -1.06. The fraction of sp³-hybridized carbons (Fsp3) is 0.568. The van der Waals surface area contributed by atoms with E-state index in [1.165, 1.54) is 0 Å². The average Bonchev–Trinajstić information content (AvgIpc) is 3.58. The molecule has 1 aromatic carbocycles. The second-order valence-corrected chi connectivity index (χ2v) is 14.7. The van der Waals surface area contributed by atoms with Crippen molar-refractivity contribution < 1.29 is 33.1 Å². The molecule has 0 N–H and O–H groups in total. The maximum Gasteiger partial charge on any atom is 0.238 e. The van der Waals surface area contributed by atoms with Gasteiger partial charge in [0.1, 0.15) is 23.9 Å². The first-order valence-electron chi connectivity index (χ1n) is 17.7. The number of aryl methyl sites for hydroxylation is 1. The van der Waals surface area contributed by atoms with E-state index >= 15 is 0 Å². The lowest BCUT2D eigenvalue weighted by Crippen LogP contribution is -2.50. The fourth-order valence-corrected chi connectivity index (χ4v) is 7.86. The largest absolute Gasteiger partial charge is 0.616 e. The van der Waals surface area contributed by atoms with Crippen LogP contribution in [0.3, 0.4) is 0 Å². The van der Waals surface area contributed by atoms with Crippen LogP contribution in [0.1, 0.15) is 50.4 Å². The van der Waals surface area contributed by atoms with Crippen LogP contribution in [-0.4, -0.2) is 113 Å². The Labute approximate surface area is 308 Å². The molecule has 1 saturated heterocycles. The summed E-state index contributed by atoms with van der Waals surface area (Å²) in [5.41, 5.74) is 2.70. The number of carbonyl (C=O) groups is 2. The zero-order chi connectivity index (χ0) is 36.1. The van der Waals surface area contributed by atoms with Gasteiger partial charge < -0.3 is 37.9 Å². The Hall–Kier alpha value is -3.22. The molecule has 2 aliphatic heterocycles. The van der Waals surface area contributed by atoms with E-state index in [0.717, 1.165) is 34.5 Å². The lowest BCUT2D eigenvalue weighted by atomic mass is 9.74. The van der Waals surface area contributed by atoms with Crippen LogP contribution in [0.2, 0.25) is 5.02 Å². The van der Waals surface area contributed by atoms with E-state index in [4.69, 9.17) is 42.0 Å². The maximum absolute atomic E-state index is 14.4. The van der Waals surface area contributed by atoms with Crippen LogP contribution < -0.4 is 4.90 Å². The Kier molecular flexibility index (Phi) is 15.0. The quantitative estimate of drug-likeness (QED) is 0.0899. The first-order valence-corrected chi connectivity index (χ1v) is 19.5. The van der Waals surface area contributed by atoms with Crippen molar-refractivity contribution in [1.29, 1.82) is 0 Å². The number of aromatic nitrogens is 3. The van der Waals surface area contributed by atoms with Gasteiger partial charge in [-0.15, -0.1) is 6.42 Å². The number of amides is 2. The molecule has 276 valence electrons. The van der Waals surface area contributed by atoms with Crippen LogP contribution in [-0.2, 0) is 58.2 Å². The minimum Gasteiger partial charge on any atom is -0.616 e. The molecule has 2 aliphatic rings. The number of ether oxygens (including phenoxy) is 4. The minimum absolute atomic E-state index is 0.0201. The van der Waals surface area contributed by atoms with Gasteiger partial charge in [0.05, 0.1) is 81.1 Å². The van der Waals surface area contributed by atoms with Crippen LogP contribution in [0.4, 0.5) is 5.69 Å². The van der Waals surface area contributed by atoms with Crippen LogP contribution >= 0.6 is 11.6 Å². The second-order valence-electron chi connectivity index (χ2n) is 12.6. The van der Waals surface area contributed by atoms with Crippen molar-refractivity contribution in [3.05, 3.63) is 53.1 Å². The summed E-state index contributed by atoms with van der Waals surface area (Å²) in [5, 5.41) is 0.579. The zero-order valence-corrected chi connectivity index (χ0v) is 30.9. The van der Waals surface area contributed by atoms with Gasteiger partial charge in [-0.2, -0.15) is 0 Å². The Morgan fingerprint density at radius 1 is 1.04 bits per heavy atom. The van der Waals surface area contributed by atoms with Gasteiger partial charge in [-0.1, -0.05) is 35.6 Å². The van der Waals surface area contributed by atoms with Gasteiger partial charge >= 0.3 is 0 Å². The molecular weight excluding hydrogens is 694 g/mol. The van der Waals surface area contributed by atoms with Gasteiger partial charge in [0.2, 0.25) is 11.8 Å². The van der Waals surface area contributed by atoms with Crippen molar-refractivity contribution in [1.82, 2.24) is 19.4 Å². The Balaban J connectivity index is 1.13. The molecular formula is C37H48ClN5O7S. The fourth-order valence-electron chi connectivity index (χ4n) is 6.73. The van der Waals surface area contributed by atoms with Gasteiger partial charge in [-0.05, 0) is 49.1 Å². The number of likely N-dealkylation sites (tertiary alicyclic amines) is 1. The summed E-state index contributed by atoms with van der Waals surface area (Å²) in [6.07, 6.45) is 11.7. The molecule has 3 aromatic rings. The number of hydrogen-bond acceptors (Lipinski definition) is 9. The first-order chi connectivity index (χ1) is 24.9. The number of anilines is 1. The van der Waals surface area contributed by atoms with Gasteiger partial charge in [-0.25, -0.2) is 4.98 Å². The third-order valence-corrected chi connectivity index (χ3v) is 10.9. The summed E-state index contributed by atoms with van der Waals surface area (Å²) in [7, 11) is 0. The highest BCUT2D eigenvalue weighted by Gasteiger charge is 2.52. The van der Waals surface area contributed by atoms with Crippen molar-refractivity contribution in [3.63, 3.8) is 0 Å². The van der Waals surface area contributed by atoms with E-state index in [2.05, 4.69) is 15.5 Å². The van der Waals surface area contributed by atoms with Crippen molar-refractivity contribution in [3.8, 4) is 12.3 Å². The average molecular weight is 742 g/mol. The predicted molar refractivity (Wildman–Crippen MR) is 197 cm³/mol. The number of rotatable bonds is 21. The molecule has 5 rings (SSSR count). The molecule has 0 radical (unpaired) electrons. The highest BCUT2D eigenvalue weighted by molar-refractivity contribution is 7.91. The van der Waals surface area contributed by atoms with E-state index in [9.17, 15) is 14.1 Å². The van der Waals surface area contributed by atoms with E-state index in [1.54, 1.807) is 17.3 Å². The molecule has 12 nitrogen and oxygen atoms in total. The number of pyridine rings is 1. The number of fused-ring (bicyclic) bond motifs is 3. The number of terminal acetylenes is 1. The number of nitrogens with zero attached hydrogens (tertiary/aromatic N) is 5. The number of imidazole rings is 1. The molecule has 1 atom stereocenters. The monoisotopic (exact) mass is 741 g/mol. The first kappa shape index (κ1) is 39.0. The number of benzene rings is 1. The van der Waals surface area contributed by atoms with Crippen LogP contribution in [0, 0.1) is 12.3 Å². The third-order valence-electron chi connectivity index (χ3n) is 9.29. The second kappa shape index (κ2) is 19.6. The number of hydrogen-bond donors (Lipinski definition) is 0. The van der Waals surface area contributed by atoms with Gasteiger partial charge in [0, 0.05) is 43.7 Å². The molecule has 4 heterocycles. The lowest BCUT2D eigenvalue weighted by molar-refractivity contribution is -0.135. The summed E-state index contributed by atoms with van der Waals surface area (Å²) < 4.78 is 36.6. The zero-order valence-electron chi connectivity index (χ0n) is 29.4. The topological polar surface area (TPSA) is 131 Å². The predicted octanol–water partition coefficient (Wildman–Crippen LogP) is 4.13. The summed E-state index contributed by atoms with van der Waals surface area (Å²) in [4.78, 5) is 40.0. The van der Waals surface area contributed by atoms with Crippen molar-refractivity contribution in [2.45, 2.75) is 57.5 Å². The molecule has 51 heavy (non-hydrogen) atoms. The standard InChI is InChI=1S/C37H48ClN5O7S/c1-3-6-35(44)41-14-10-37(11-15-41)30-9-12-39-27-33(30)43(36(37)45)28-34-40-31-26-29(38)7-8-32(31)42(34)13-5-24-51(46)25-23-50-22-21-49-20-19-48-18-17-47-16-4-2/h2,7-9,12,26-27H,3,5-6,10-11,13-25,28H2,1H3. The Bertz CT molecular complexity index is 1640. The van der Waals surface area contributed by atoms with Gasteiger partial charge in [0.15, 0.2) is 0 Å². The molecule has 1 fully saturated rings. The van der Waals surface area contributed by atoms with E-state index in [1.807, 2.05) is 36.1 Å². The summed E-state index contributed by atoms with van der Waals surface area (Å²) in [5.74, 6) is 4.22. The number of halogens is 1. The van der Waals surface area contributed by atoms with Crippen LogP contribution in [0.5, 0.6) is 0 Å². The van der Waals surface area contributed by atoms with E-state index < -0.39 is 16.6 Å². The Morgan fingerprint density at radius 3 is 2.45 bits per heavy atom. The van der Waals surface area contributed by atoms with Crippen LogP contribution in [0.15, 0.2) is 36.7 Å². The van der Waals surface area contributed by atoms with E-state index in [0.29, 0.717) is 108 Å². The molecule has 0 aliphatic carbocycles. The molecule has 1 unspecified atom stereocenters. The van der Waals surface area contributed by atoms with Crippen molar-refractivity contribution >= 4 is 51.3 Å². The van der Waals surface area contributed by atoms with E-state index in [-0.39, 0.29) is 25.0 Å². The normalized spacial score (nSPS) is 15.8. The Morgan fingerprint density at radius 2 is 1.75 bits per heavy atom. The summed E-state index contributed by atoms with van der Waals surface area (Å²) in [6.45, 7) is 7.29. The highest BCUT2D eigenvalue weighted by Crippen LogP contribution is 2.48. The third kappa shape index (κ3) is 10.0. The SMILES string of the molecule is C#CCOCCOCCOCCOCC[S+]([O-])CCCn1c(CN2C(=O)C3(CCN(C(=O)CCC)CC3)c3ccncc32)nc2cc(Cl)ccc21. The number of carbonyl (C=O) groups excluding carboxylic acids is 2. The summed E-state index contributed by atoms with van der Waals surface area (Å²) in [6, 6.07) is 7.54. The maximum atomic E-state index is 14.4. The van der Waals surface area contributed by atoms with Crippen molar-refractivity contribution in [2.75, 3.05) is 82.4 Å². The molecule has 2 amide bonds. The molecule has 0 bridgehead atoms. The molecule has 2 aromatic heterocycles. The molecule has 0 saturated carbocycles. The molecule has 14 heteroatoms. The number of piperidine rings is 1. The van der Waals surface area contributed by atoms with Crippen molar-refractivity contribution in [2.24, 2.45) is 0 Å². The van der Waals surface area contributed by atoms with Gasteiger partial charge in [-0.3, -0.25) is 14.6 Å².